The molecule has 0 radical (unpaired) electrons. The van der Waals surface area contributed by atoms with Crippen LogP contribution >= 0.6 is 0 Å². The van der Waals surface area contributed by atoms with Gasteiger partial charge in [-0.15, -0.1) is 0 Å². The zero-order valence-corrected chi connectivity index (χ0v) is 11.7. The highest BCUT2D eigenvalue weighted by molar-refractivity contribution is 6.00. The van der Waals surface area contributed by atoms with Crippen LogP contribution in [0.15, 0.2) is 18.2 Å². The van der Waals surface area contributed by atoms with Gasteiger partial charge in [-0.25, -0.2) is 0 Å². The van der Waals surface area contributed by atoms with E-state index in [9.17, 15) is 9.59 Å². The minimum Gasteiger partial charge on any atom is -0.398 e. The third-order valence-corrected chi connectivity index (χ3v) is 3.28. The fourth-order valence-electron chi connectivity index (χ4n) is 1.98. The van der Waals surface area contributed by atoms with Crippen molar-refractivity contribution in [1.82, 2.24) is 5.32 Å². The molecule has 108 valence electrons. The number of ketones is 1. The summed E-state index contributed by atoms with van der Waals surface area (Å²) in [5.74, 6) is 0.0750. The minimum absolute atomic E-state index is 0.0463. The molecule has 1 aromatic rings. The Kier molecular flexibility index (Phi) is 4.61. The fraction of sp³-hybridized carbons (Fsp3) is 0.467. The first-order valence-corrected chi connectivity index (χ1v) is 7.00. The monoisotopic (exact) mass is 275 g/mol. The summed E-state index contributed by atoms with van der Waals surface area (Å²) in [6, 6.07) is 5.73. The van der Waals surface area contributed by atoms with Gasteiger partial charge in [0.1, 0.15) is 0 Å². The van der Waals surface area contributed by atoms with Crippen LogP contribution in [-0.4, -0.2) is 24.3 Å². The molecular formula is C15H21N3O2. The molecule has 20 heavy (non-hydrogen) atoms. The molecule has 4 N–H and O–H groups in total. The second kappa shape index (κ2) is 6.41. The van der Waals surface area contributed by atoms with Crippen LogP contribution in [0.5, 0.6) is 0 Å². The van der Waals surface area contributed by atoms with Crippen molar-refractivity contribution in [2.75, 3.05) is 17.6 Å². The van der Waals surface area contributed by atoms with E-state index in [0.29, 0.717) is 30.3 Å². The lowest BCUT2D eigenvalue weighted by Gasteiger charge is -2.09. The molecule has 1 aliphatic carbocycles. The summed E-state index contributed by atoms with van der Waals surface area (Å²) in [5, 5.41) is 6.16. The maximum absolute atomic E-state index is 11.5. The van der Waals surface area contributed by atoms with E-state index in [2.05, 4.69) is 10.6 Å². The second-order valence-corrected chi connectivity index (χ2v) is 5.23. The Labute approximate surface area is 118 Å². The molecule has 0 aliphatic heterocycles. The van der Waals surface area contributed by atoms with E-state index in [1.54, 1.807) is 12.1 Å². The Bertz CT molecular complexity index is 510. The first-order chi connectivity index (χ1) is 9.56. The van der Waals surface area contributed by atoms with E-state index in [0.717, 1.165) is 24.9 Å². The molecule has 1 aliphatic rings. The van der Waals surface area contributed by atoms with Gasteiger partial charge < -0.3 is 16.4 Å². The first-order valence-electron chi connectivity index (χ1n) is 7.00. The van der Waals surface area contributed by atoms with Gasteiger partial charge in [-0.05, 0) is 44.4 Å². The summed E-state index contributed by atoms with van der Waals surface area (Å²) < 4.78 is 0. The standard InChI is InChI=1S/C15H21N3O2/c1-10(19)13-9-12(6-7-14(13)16)17-8-2-3-15(20)18-11-4-5-11/h6-7,9,11,17H,2-5,8,16H2,1H3,(H,18,20). The van der Waals surface area contributed by atoms with Crippen LogP contribution in [0.25, 0.3) is 0 Å². The Morgan fingerprint density at radius 2 is 2.10 bits per heavy atom. The van der Waals surface area contributed by atoms with Gasteiger partial charge in [0.2, 0.25) is 5.91 Å². The summed E-state index contributed by atoms with van der Waals surface area (Å²) in [6.45, 7) is 2.19. The van der Waals surface area contributed by atoms with Crippen molar-refractivity contribution in [2.24, 2.45) is 0 Å². The lowest BCUT2D eigenvalue weighted by Crippen LogP contribution is -2.25. The zero-order valence-electron chi connectivity index (χ0n) is 11.7. The van der Waals surface area contributed by atoms with Crippen LogP contribution in [0.2, 0.25) is 0 Å². The maximum Gasteiger partial charge on any atom is 0.220 e. The predicted molar refractivity (Wildman–Crippen MR) is 79.7 cm³/mol. The molecule has 2 rings (SSSR count). The van der Waals surface area contributed by atoms with Crippen molar-refractivity contribution >= 4 is 23.1 Å². The summed E-state index contributed by atoms with van der Waals surface area (Å²) in [4.78, 5) is 22.9. The molecule has 1 amide bonds. The predicted octanol–water partition coefficient (Wildman–Crippen LogP) is 1.94. The Morgan fingerprint density at radius 1 is 1.35 bits per heavy atom. The van der Waals surface area contributed by atoms with Crippen LogP contribution in [0.1, 0.15) is 43.0 Å². The van der Waals surface area contributed by atoms with E-state index in [1.807, 2.05) is 6.07 Å². The molecule has 0 aromatic heterocycles. The van der Waals surface area contributed by atoms with Crippen molar-refractivity contribution in [3.8, 4) is 0 Å². The number of anilines is 2. The second-order valence-electron chi connectivity index (χ2n) is 5.23. The van der Waals surface area contributed by atoms with Crippen LogP contribution in [0.4, 0.5) is 11.4 Å². The number of nitrogen functional groups attached to an aromatic ring is 1. The molecular weight excluding hydrogens is 254 g/mol. The summed E-state index contributed by atoms with van der Waals surface area (Å²) in [7, 11) is 0. The molecule has 1 saturated carbocycles. The molecule has 5 heteroatoms. The number of carbonyl (C=O) groups excluding carboxylic acids is 2. The molecule has 0 saturated heterocycles. The number of hydrogen-bond donors (Lipinski definition) is 3. The largest absolute Gasteiger partial charge is 0.398 e. The Hall–Kier alpha value is -2.04. The van der Waals surface area contributed by atoms with Crippen molar-refractivity contribution in [3.05, 3.63) is 23.8 Å². The molecule has 0 heterocycles. The van der Waals surface area contributed by atoms with E-state index >= 15 is 0 Å². The number of rotatable bonds is 7. The van der Waals surface area contributed by atoms with Gasteiger partial charge in [0.05, 0.1) is 0 Å². The number of amides is 1. The highest BCUT2D eigenvalue weighted by Gasteiger charge is 2.22. The number of Topliss-reactive ketones (excluding diaryl/α,β-unsaturated/α-hetero) is 1. The fourth-order valence-corrected chi connectivity index (χ4v) is 1.98. The molecule has 1 fully saturated rings. The summed E-state index contributed by atoms with van der Waals surface area (Å²) >= 11 is 0. The van der Waals surface area contributed by atoms with Gasteiger partial charge in [-0.1, -0.05) is 0 Å². The van der Waals surface area contributed by atoms with Crippen molar-refractivity contribution < 1.29 is 9.59 Å². The highest BCUT2D eigenvalue weighted by atomic mass is 16.1. The van der Waals surface area contributed by atoms with Gasteiger partial charge in [-0.3, -0.25) is 9.59 Å². The number of nitrogens with one attached hydrogen (secondary N) is 2. The average molecular weight is 275 g/mol. The summed E-state index contributed by atoms with van der Waals surface area (Å²) in [6.07, 6.45) is 3.52. The third-order valence-electron chi connectivity index (χ3n) is 3.28. The van der Waals surface area contributed by atoms with E-state index < -0.39 is 0 Å². The number of nitrogens with two attached hydrogens (primary N) is 1. The lowest BCUT2D eigenvalue weighted by molar-refractivity contribution is -0.121. The molecule has 0 bridgehead atoms. The van der Waals surface area contributed by atoms with Gasteiger partial charge in [0.15, 0.2) is 5.78 Å². The Morgan fingerprint density at radius 3 is 2.75 bits per heavy atom. The van der Waals surface area contributed by atoms with Crippen LogP contribution < -0.4 is 16.4 Å². The SMILES string of the molecule is CC(=O)c1cc(NCCCC(=O)NC2CC2)ccc1N. The lowest BCUT2D eigenvalue weighted by atomic mass is 10.1. The van der Waals surface area contributed by atoms with Crippen LogP contribution in [-0.2, 0) is 4.79 Å². The van der Waals surface area contributed by atoms with Gasteiger partial charge >= 0.3 is 0 Å². The molecule has 0 unspecified atom stereocenters. The van der Waals surface area contributed by atoms with E-state index in [-0.39, 0.29) is 11.7 Å². The number of carbonyl (C=O) groups is 2. The first kappa shape index (κ1) is 14.4. The minimum atomic E-state index is -0.0463. The molecule has 0 spiro atoms. The van der Waals surface area contributed by atoms with E-state index in [4.69, 9.17) is 5.73 Å². The van der Waals surface area contributed by atoms with Crippen molar-refractivity contribution in [2.45, 2.75) is 38.6 Å². The highest BCUT2D eigenvalue weighted by Crippen LogP contribution is 2.19. The quantitative estimate of drug-likeness (QED) is 0.403. The molecule has 5 nitrogen and oxygen atoms in total. The molecule has 1 aromatic carbocycles. The van der Waals surface area contributed by atoms with Gasteiger partial charge in [0.25, 0.3) is 0 Å². The van der Waals surface area contributed by atoms with Gasteiger partial charge in [-0.2, -0.15) is 0 Å². The number of benzene rings is 1. The van der Waals surface area contributed by atoms with Crippen LogP contribution in [0, 0.1) is 0 Å². The third kappa shape index (κ3) is 4.26. The molecule has 0 atom stereocenters. The van der Waals surface area contributed by atoms with Crippen LogP contribution in [0.3, 0.4) is 0 Å². The number of hydrogen-bond acceptors (Lipinski definition) is 4. The Balaban J connectivity index is 1.74. The average Bonchev–Trinajstić information content (AvgIpc) is 3.20. The maximum atomic E-state index is 11.5. The normalized spacial score (nSPS) is 13.8. The van der Waals surface area contributed by atoms with E-state index in [1.165, 1.54) is 6.92 Å². The zero-order chi connectivity index (χ0) is 14.5. The topological polar surface area (TPSA) is 84.2 Å². The van der Waals surface area contributed by atoms with Crippen molar-refractivity contribution in [3.63, 3.8) is 0 Å². The smallest absolute Gasteiger partial charge is 0.220 e. The van der Waals surface area contributed by atoms with Gasteiger partial charge in [0, 0.05) is 35.9 Å². The summed E-state index contributed by atoms with van der Waals surface area (Å²) in [5.41, 5.74) is 7.61. The van der Waals surface area contributed by atoms with Crippen molar-refractivity contribution in [1.29, 1.82) is 0 Å².